The minimum atomic E-state index is -4.12. The summed E-state index contributed by atoms with van der Waals surface area (Å²) in [5.41, 5.74) is 0. The van der Waals surface area contributed by atoms with Crippen LogP contribution in [0.2, 0.25) is 0 Å². The first-order valence-electron chi connectivity index (χ1n) is 4.57. The van der Waals surface area contributed by atoms with Gasteiger partial charge in [-0.25, -0.2) is 17.9 Å². The van der Waals surface area contributed by atoms with Gasteiger partial charge in [-0.15, -0.1) is 0 Å². The van der Waals surface area contributed by atoms with Crippen molar-refractivity contribution in [2.24, 2.45) is 5.14 Å². The third kappa shape index (κ3) is 3.90. The van der Waals surface area contributed by atoms with E-state index in [1.54, 1.807) is 0 Å². The molecule has 0 heterocycles. The number of nitrogens with two attached hydrogens (primary N) is 1. The maximum Gasteiger partial charge on any atom is 0.241 e. The van der Waals surface area contributed by atoms with E-state index in [4.69, 9.17) is 9.88 Å². The SMILES string of the molecule is NS(=O)(=O)c1cc(Br)c(OCCCF)cc1F. The molecule has 1 aromatic carbocycles. The van der Waals surface area contributed by atoms with Crippen LogP contribution in [-0.4, -0.2) is 21.7 Å². The highest BCUT2D eigenvalue weighted by Crippen LogP contribution is 2.29. The van der Waals surface area contributed by atoms with Crippen LogP contribution in [0, 0.1) is 5.82 Å². The Labute approximate surface area is 106 Å². The summed E-state index contributed by atoms with van der Waals surface area (Å²) in [5, 5.41) is 4.82. The van der Waals surface area contributed by atoms with Crippen LogP contribution < -0.4 is 9.88 Å². The Morgan fingerprint density at radius 3 is 2.59 bits per heavy atom. The lowest BCUT2D eigenvalue weighted by Gasteiger charge is -2.09. The molecule has 96 valence electrons. The summed E-state index contributed by atoms with van der Waals surface area (Å²) < 4.78 is 52.5. The Kier molecular flexibility index (Phi) is 4.84. The van der Waals surface area contributed by atoms with Gasteiger partial charge < -0.3 is 4.74 Å². The summed E-state index contributed by atoms with van der Waals surface area (Å²) in [7, 11) is -4.12. The Morgan fingerprint density at radius 2 is 2.06 bits per heavy atom. The first-order chi connectivity index (χ1) is 7.86. The molecule has 0 spiro atoms. The summed E-state index contributed by atoms with van der Waals surface area (Å²) in [6.07, 6.45) is 0.172. The van der Waals surface area contributed by atoms with Crippen molar-refractivity contribution in [2.45, 2.75) is 11.3 Å². The number of primary sulfonamides is 1. The second-order valence-electron chi connectivity index (χ2n) is 3.15. The standard InChI is InChI=1S/C9H10BrF2NO3S/c10-6-4-9(17(13,14)15)7(12)5-8(6)16-3-1-2-11/h4-5H,1-3H2,(H2,13,14,15). The third-order valence-electron chi connectivity index (χ3n) is 1.83. The van der Waals surface area contributed by atoms with Gasteiger partial charge in [-0.05, 0) is 22.0 Å². The normalized spacial score (nSPS) is 11.5. The lowest BCUT2D eigenvalue weighted by molar-refractivity contribution is 0.286. The lowest BCUT2D eigenvalue weighted by Crippen LogP contribution is -2.14. The van der Waals surface area contributed by atoms with Crippen LogP contribution in [0.5, 0.6) is 5.75 Å². The molecule has 0 saturated heterocycles. The second-order valence-corrected chi connectivity index (χ2v) is 5.53. The molecular formula is C9H10BrF2NO3S. The zero-order chi connectivity index (χ0) is 13.1. The van der Waals surface area contributed by atoms with Gasteiger partial charge in [0, 0.05) is 12.5 Å². The van der Waals surface area contributed by atoms with Gasteiger partial charge in [0.2, 0.25) is 10.0 Å². The molecule has 17 heavy (non-hydrogen) atoms. The van der Waals surface area contributed by atoms with E-state index in [0.717, 1.165) is 12.1 Å². The van der Waals surface area contributed by atoms with Gasteiger partial charge in [-0.3, -0.25) is 4.39 Å². The van der Waals surface area contributed by atoms with Gasteiger partial charge in [-0.1, -0.05) is 0 Å². The van der Waals surface area contributed by atoms with Crippen molar-refractivity contribution in [3.8, 4) is 5.75 Å². The van der Waals surface area contributed by atoms with Crippen molar-refractivity contribution in [2.75, 3.05) is 13.3 Å². The van der Waals surface area contributed by atoms with Crippen LogP contribution >= 0.6 is 15.9 Å². The minimum absolute atomic E-state index is 0.0727. The number of hydrogen-bond acceptors (Lipinski definition) is 3. The van der Waals surface area contributed by atoms with Crippen molar-refractivity contribution in [3.63, 3.8) is 0 Å². The van der Waals surface area contributed by atoms with Crippen LogP contribution in [0.4, 0.5) is 8.78 Å². The van der Waals surface area contributed by atoms with Crippen LogP contribution in [0.15, 0.2) is 21.5 Å². The molecule has 0 aliphatic carbocycles. The molecule has 0 saturated carbocycles. The number of ether oxygens (including phenoxy) is 1. The highest BCUT2D eigenvalue weighted by molar-refractivity contribution is 9.10. The second kappa shape index (κ2) is 5.74. The highest BCUT2D eigenvalue weighted by atomic mass is 79.9. The van der Waals surface area contributed by atoms with Gasteiger partial charge in [0.05, 0.1) is 17.8 Å². The topological polar surface area (TPSA) is 69.4 Å². The molecule has 0 aromatic heterocycles. The summed E-state index contributed by atoms with van der Waals surface area (Å²) in [6, 6.07) is 1.90. The van der Waals surface area contributed by atoms with E-state index in [-0.39, 0.29) is 23.2 Å². The number of alkyl halides is 1. The molecule has 0 radical (unpaired) electrons. The van der Waals surface area contributed by atoms with E-state index in [0.29, 0.717) is 0 Å². The quantitative estimate of drug-likeness (QED) is 0.840. The molecule has 0 bridgehead atoms. The fraction of sp³-hybridized carbons (Fsp3) is 0.333. The fourth-order valence-electron chi connectivity index (χ4n) is 1.08. The van der Waals surface area contributed by atoms with Crippen molar-refractivity contribution >= 4 is 26.0 Å². The molecule has 1 rings (SSSR count). The van der Waals surface area contributed by atoms with Crippen LogP contribution in [0.25, 0.3) is 0 Å². The number of benzene rings is 1. The summed E-state index contributed by atoms with van der Waals surface area (Å²) in [6.45, 7) is -0.474. The van der Waals surface area contributed by atoms with Gasteiger partial charge in [0.1, 0.15) is 16.5 Å². The van der Waals surface area contributed by atoms with Gasteiger partial charge in [0.15, 0.2) is 0 Å². The van der Waals surface area contributed by atoms with E-state index in [1.165, 1.54) is 0 Å². The third-order valence-corrected chi connectivity index (χ3v) is 3.37. The molecule has 0 amide bonds. The zero-order valence-electron chi connectivity index (χ0n) is 8.62. The van der Waals surface area contributed by atoms with Crippen LogP contribution in [-0.2, 0) is 10.0 Å². The molecule has 0 atom stereocenters. The lowest BCUT2D eigenvalue weighted by atomic mass is 10.3. The molecule has 2 N–H and O–H groups in total. The van der Waals surface area contributed by atoms with Crippen LogP contribution in [0.3, 0.4) is 0 Å². The van der Waals surface area contributed by atoms with E-state index < -0.39 is 27.4 Å². The number of rotatable bonds is 5. The molecule has 8 heteroatoms. The summed E-state index contributed by atoms with van der Waals surface area (Å²) in [4.78, 5) is -0.623. The van der Waals surface area contributed by atoms with E-state index in [9.17, 15) is 17.2 Å². The Balaban J connectivity index is 3.02. The zero-order valence-corrected chi connectivity index (χ0v) is 11.0. The van der Waals surface area contributed by atoms with E-state index in [1.807, 2.05) is 0 Å². The molecule has 4 nitrogen and oxygen atoms in total. The Hall–Kier alpha value is -0.730. The molecule has 0 aliphatic heterocycles. The van der Waals surface area contributed by atoms with Gasteiger partial charge in [0.25, 0.3) is 0 Å². The van der Waals surface area contributed by atoms with E-state index >= 15 is 0 Å². The predicted octanol–water partition coefficient (Wildman–Crippen LogP) is 1.97. The Morgan fingerprint density at radius 1 is 1.41 bits per heavy atom. The summed E-state index contributed by atoms with van der Waals surface area (Å²) in [5.74, 6) is -0.908. The first kappa shape index (κ1) is 14.3. The monoisotopic (exact) mass is 329 g/mol. The maximum absolute atomic E-state index is 13.4. The minimum Gasteiger partial charge on any atom is -0.492 e. The highest BCUT2D eigenvalue weighted by Gasteiger charge is 2.17. The van der Waals surface area contributed by atoms with Crippen molar-refractivity contribution in [1.82, 2.24) is 0 Å². The van der Waals surface area contributed by atoms with Gasteiger partial charge >= 0.3 is 0 Å². The first-order valence-corrected chi connectivity index (χ1v) is 6.91. The molecule has 0 aliphatic rings. The average molecular weight is 330 g/mol. The smallest absolute Gasteiger partial charge is 0.241 e. The van der Waals surface area contributed by atoms with Crippen molar-refractivity contribution in [3.05, 3.63) is 22.4 Å². The number of hydrogen-bond donors (Lipinski definition) is 1. The number of sulfonamides is 1. The van der Waals surface area contributed by atoms with E-state index in [2.05, 4.69) is 15.9 Å². The predicted molar refractivity (Wildman–Crippen MR) is 61.6 cm³/mol. The average Bonchev–Trinajstić information content (AvgIpc) is 2.21. The number of halogens is 3. The van der Waals surface area contributed by atoms with Crippen LogP contribution in [0.1, 0.15) is 6.42 Å². The summed E-state index contributed by atoms with van der Waals surface area (Å²) >= 11 is 3.02. The molecule has 1 aromatic rings. The molecular weight excluding hydrogens is 320 g/mol. The maximum atomic E-state index is 13.4. The van der Waals surface area contributed by atoms with Gasteiger partial charge in [-0.2, -0.15) is 0 Å². The largest absolute Gasteiger partial charge is 0.492 e. The molecule has 0 fully saturated rings. The van der Waals surface area contributed by atoms with Crippen molar-refractivity contribution in [1.29, 1.82) is 0 Å². The molecule has 0 unspecified atom stereocenters. The fourth-order valence-corrected chi connectivity index (χ4v) is 2.30. The Bertz CT molecular complexity index is 507. The van der Waals surface area contributed by atoms with Crippen molar-refractivity contribution < 1.29 is 21.9 Å².